The highest BCUT2D eigenvalue weighted by molar-refractivity contribution is 5.27. The van der Waals surface area contributed by atoms with Gasteiger partial charge in [0.1, 0.15) is 12.4 Å². The zero-order valence-electron chi connectivity index (χ0n) is 9.85. The molecule has 0 N–H and O–H groups in total. The van der Waals surface area contributed by atoms with Gasteiger partial charge in [-0.15, -0.1) is 6.61 Å². The first-order valence-electron chi connectivity index (χ1n) is 5.63. The van der Waals surface area contributed by atoms with E-state index < -0.39 is 0 Å². The van der Waals surface area contributed by atoms with E-state index >= 15 is 0 Å². The van der Waals surface area contributed by atoms with E-state index in [9.17, 15) is 5.11 Å². The molecule has 2 rings (SSSR count). The number of hydrogen-bond acceptors (Lipinski definition) is 2. The van der Waals surface area contributed by atoms with E-state index in [0.29, 0.717) is 6.61 Å². The van der Waals surface area contributed by atoms with Crippen LogP contribution in [0.15, 0.2) is 48.5 Å². The van der Waals surface area contributed by atoms with Gasteiger partial charge in [0.2, 0.25) is 0 Å². The molecule has 0 aliphatic rings. The van der Waals surface area contributed by atoms with Crippen LogP contribution in [0.5, 0.6) is 5.75 Å². The summed E-state index contributed by atoms with van der Waals surface area (Å²) in [4.78, 5) is 0. The lowest BCUT2D eigenvalue weighted by molar-refractivity contribution is -0.386. The van der Waals surface area contributed by atoms with Gasteiger partial charge in [0.15, 0.2) is 0 Å². The monoisotopic (exact) mass is 227 g/mol. The van der Waals surface area contributed by atoms with Crippen LogP contribution in [0, 0.1) is 6.92 Å². The molecular formula is C15H15O2-. The Kier molecular flexibility index (Phi) is 3.78. The Morgan fingerprint density at radius 1 is 0.882 bits per heavy atom. The predicted molar refractivity (Wildman–Crippen MR) is 65.7 cm³/mol. The molecule has 0 aromatic heterocycles. The molecule has 0 unspecified atom stereocenters. The van der Waals surface area contributed by atoms with Crippen LogP contribution in [0.1, 0.15) is 16.7 Å². The zero-order chi connectivity index (χ0) is 12.1. The molecule has 17 heavy (non-hydrogen) atoms. The maximum Gasteiger partial charge on any atom is 0.119 e. The summed E-state index contributed by atoms with van der Waals surface area (Å²) in [7, 11) is 0. The minimum atomic E-state index is -0.182. The van der Waals surface area contributed by atoms with Crippen LogP contribution in [-0.2, 0) is 13.2 Å². The second-order valence-electron chi connectivity index (χ2n) is 4.06. The third kappa shape index (κ3) is 3.33. The number of hydrogen-bond donors (Lipinski definition) is 0. The normalized spacial score (nSPS) is 10.2. The molecule has 0 saturated heterocycles. The zero-order valence-corrected chi connectivity index (χ0v) is 9.85. The number of benzene rings is 2. The Bertz CT molecular complexity index is 457. The van der Waals surface area contributed by atoms with E-state index in [-0.39, 0.29) is 6.61 Å². The van der Waals surface area contributed by atoms with Crippen LogP contribution in [0.4, 0.5) is 0 Å². The van der Waals surface area contributed by atoms with E-state index in [1.807, 2.05) is 12.1 Å². The summed E-state index contributed by atoms with van der Waals surface area (Å²) in [5, 5.41) is 10.6. The summed E-state index contributed by atoms with van der Waals surface area (Å²) >= 11 is 0. The van der Waals surface area contributed by atoms with Crippen molar-refractivity contribution in [1.29, 1.82) is 0 Å². The van der Waals surface area contributed by atoms with Crippen molar-refractivity contribution in [2.75, 3.05) is 0 Å². The Hall–Kier alpha value is -1.80. The van der Waals surface area contributed by atoms with Gasteiger partial charge in [0.25, 0.3) is 0 Å². The van der Waals surface area contributed by atoms with Gasteiger partial charge in [-0.2, -0.15) is 0 Å². The average Bonchev–Trinajstić information content (AvgIpc) is 2.39. The summed E-state index contributed by atoms with van der Waals surface area (Å²) in [5.74, 6) is 0.794. The molecule has 2 aromatic rings. The Balaban J connectivity index is 1.95. The predicted octanol–water partition coefficient (Wildman–Crippen LogP) is 2.43. The first kappa shape index (κ1) is 11.7. The van der Waals surface area contributed by atoms with E-state index in [0.717, 1.165) is 16.9 Å². The van der Waals surface area contributed by atoms with Gasteiger partial charge in [-0.05, 0) is 24.6 Å². The van der Waals surface area contributed by atoms with E-state index in [2.05, 4.69) is 31.2 Å². The van der Waals surface area contributed by atoms with Crippen LogP contribution in [0.2, 0.25) is 0 Å². The summed E-state index contributed by atoms with van der Waals surface area (Å²) < 4.78 is 5.63. The van der Waals surface area contributed by atoms with Crippen LogP contribution in [0.25, 0.3) is 0 Å². The third-order valence-corrected chi connectivity index (χ3v) is 2.62. The lowest BCUT2D eigenvalue weighted by Gasteiger charge is -2.08. The van der Waals surface area contributed by atoms with Gasteiger partial charge in [-0.1, -0.05) is 47.5 Å². The van der Waals surface area contributed by atoms with Crippen LogP contribution >= 0.6 is 0 Å². The molecule has 2 heteroatoms. The van der Waals surface area contributed by atoms with Crippen molar-refractivity contribution in [2.24, 2.45) is 0 Å². The van der Waals surface area contributed by atoms with Gasteiger partial charge >= 0.3 is 0 Å². The summed E-state index contributed by atoms with van der Waals surface area (Å²) in [6, 6.07) is 15.5. The quantitative estimate of drug-likeness (QED) is 0.803. The van der Waals surface area contributed by atoms with Crippen LogP contribution in [0.3, 0.4) is 0 Å². The summed E-state index contributed by atoms with van der Waals surface area (Å²) in [5.41, 5.74) is 3.17. The second-order valence-corrected chi connectivity index (χ2v) is 4.06. The van der Waals surface area contributed by atoms with Crippen LogP contribution in [-0.4, -0.2) is 0 Å². The molecule has 0 aliphatic heterocycles. The SMILES string of the molecule is Cc1ccc(COc2ccc(C[O-])cc2)cc1. The van der Waals surface area contributed by atoms with Crippen molar-refractivity contribution in [1.82, 2.24) is 0 Å². The topological polar surface area (TPSA) is 32.3 Å². The van der Waals surface area contributed by atoms with Crippen LogP contribution < -0.4 is 9.84 Å². The molecule has 0 spiro atoms. The Morgan fingerprint density at radius 3 is 2.06 bits per heavy atom. The molecule has 0 aliphatic carbocycles. The van der Waals surface area contributed by atoms with Crippen molar-refractivity contribution in [3.8, 4) is 5.75 Å². The largest absolute Gasteiger partial charge is 0.851 e. The molecule has 2 aromatic carbocycles. The van der Waals surface area contributed by atoms with E-state index in [1.165, 1.54) is 5.56 Å². The average molecular weight is 227 g/mol. The molecule has 0 fully saturated rings. The maximum absolute atomic E-state index is 10.6. The fraction of sp³-hybridized carbons (Fsp3) is 0.200. The van der Waals surface area contributed by atoms with Crippen molar-refractivity contribution in [3.63, 3.8) is 0 Å². The molecule has 88 valence electrons. The molecule has 0 heterocycles. The minimum absolute atomic E-state index is 0.182. The van der Waals surface area contributed by atoms with E-state index in [1.54, 1.807) is 12.1 Å². The highest BCUT2D eigenvalue weighted by Crippen LogP contribution is 2.14. The highest BCUT2D eigenvalue weighted by Gasteiger charge is 1.95. The molecule has 0 radical (unpaired) electrons. The second kappa shape index (κ2) is 5.51. The fourth-order valence-corrected chi connectivity index (χ4v) is 1.53. The smallest absolute Gasteiger partial charge is 0.119 e. The Morgan fingerprint density at radius 2 is 1.47 bits per heavy atom. The molecule has 0 saturated carbocycles. The van der Waals surface area contributed by atoms with Gasteiger partial charge in [-0.25, -0.2) is 0 Å². The van der Waals surface area contributed by atoms with Gasteiger partial charge in [-0.3, -0.25) is 0 Å². The van der Waals surface area contributed by atoms with Crippen molar-refractivity contribution in [2.45, 2.75) is 20.1 Å². The number of ether oxygens (including phenoxy) is 1. The molecule has 0 amide bonds. The van der Waals surface area contributed by atoms with Crippen molar-refractivity contribution in [3.05, 3.63) is 65.2 Å². The Labute approximate surface area is 101 Å². The highest BCUT2D eigenvalue weighted by atomic mass is 16.5. The third-order valence-electron chi connectivity index (χ3n) is 2.62. The lowest BCUT2D eigenvalue weighted by atomic mass is 10.2. The standard InChI is InChI=1S/C15H15O2/c1-12-2-4-14(5-3-12)11-17-15-8-6-13(10-16)7-9-15/h2-9H,10-11H2,1H3/q-1. The molecule has 0 atom stereocenters. The fourth-order valence-electron chi connectivity index (χ4n) is 1.53. The minimum Gasteiger partial charge on any atom is -0.851 e. The molecule has 0 bridgehead atoms. The molecular weight excluding hydrogens is 212 g/mol. The number of aryl methyl sites for hydroxylation is 1. The maximum atomic E-state index is 10.6. The first-order valence-corrected chi connectivity index (χ1v) is 5.63. The lowest BCUT2D eigenvalue weighted by Crippen LogP contribution is -2.02. The summed E-state index contributed by atoms with van der Waals surface area (Å²) in [6.45, 7) is 2.43. The molecule has 2 nitrogen and oxygen atoms in total. The van der Waals surface area contributed by atoms with Crippen molar-refractivity contribution >= 4 is 0 Å². The van der Waals surface area contributed by atoms with Gasteiger partial charge < -0.3 is 9.84 Å². The number of rotatable bonds is 4. The summed E-state index contributed by atoms with van der Waals surface area (Å²) in [6.07, 6.45) is 0. The van der Waals surface area contributed by atoms with Gasteiger partial charge in [0.05, 0.1) is 0 Å². The first-order chi connectivity index (χ1) is 8.28. The van der Waals surface area contributed by atoms with Crippen molar-refractivity contribution < 1.29 is 9.84 Å². The van der Waals surface area contributed by atoms with Gasteiger partial charge in [0, 0.05) is 0 Å². The van der Waals surface area contributed by atoms with E-state index in [4.69, 9.17) is 4.74 Å².